The molecule has 0 saturated carbocycles. The topological polar surface area (TPSA) is 0 Å². The van der Waals surface area contributed by atoms with E-state index < -0.39 is 0 Å². The van der Waals surface area contributed by atoms with E-state index in [4.69, 9.17) is 11.6 Å². The Morgan fingerprint density at radius 1 is 1.45 bits per heavy atom. The third kappa shape index (κ3) is 3.25. The number of hydrogen-bond acceptors (Lipinski definition) is 1. The molecule has 0 aromatic heterocycles. The summed E-state index contributed by atoms with van der Waals surface area (Å²) >= 11 is 8.15. The van der Waals surface area contributed by atoms with Gasteiger partial charge in [-0.25, -0.2) is 0 Å². The highest BCUT2D eigenvalue weighted by Crippen LogP contribution is 2.32. The molecule has 0 radical (unpaired) electrons. The van der Waals surface area contributed by atoms with Crippen LogP contribution in [0, 0.1) is 11.8 Å². The minimum absolute atomic E-state index is 0.457. The van der Waals surface area contributed by atoms with Crippen LogP contribution in [-0.2, 0) is 0 Å². The molecule has 1 fully saturated rings. The third-order valence-corrected chi connectivity index (χ3v) is 4.19. The predicted molar refractivity (Wildman–Crippen MR) is 54.5 cm³/mol. The van der Waals surface area contributed by atoms with Gasteiger partial charge in [-0.1, -0.05) is 20.3 Å². The molecule has 0 nitrogen and oxygen atoms in total. The zero-order valence-electron chi connectivity index (χ0n) is 7.35. The zero-order valence-corrected chi connectivity index (χ0v) is 8.92. The standard InChI is InChI=1S/C9H17ClS/c1-7(2)3-4-8-5-11-6-9(8)10/h7-9H,3-6H2,1-2H3. The molecule has 0 aliphatic carbocycles. The fourth-order valence-corrected chi connectivity index (χ4v) is 3.31. The van der Waals surface area contributed by atoms with E-state index in [1.165, 1.54) is 24.3 Å². The van der Waals surface area contributed by atoms with Gasteiger partial charge in [0.15, 0.2) is 0 Å². The molecule has 0 aromatic carbocycles. The molecule has 0 bridgehead atoms. The Hall–Kier alpha value is 0.640. The lowest BCUT2D eigenvalue weighted by Crippen LogP contribution is -2.12. The van der Waals surface area contributed by atoms with Crippen molar-refractivity contribution in [2.24, 2.45) is 11.8 Å². The Bertz CT molecular complexity index is 114. The molecule has 0 N–H and O–H groups in total. The van der Waals surface area contributed by atoms with E-state index in [0.717, 1.165) is 11.8 Å². The summed E-state index contributed by atoms with van der Waals surface area (Å²) in [6.45, 7) is 4.57. The molecule has 1 saturated heterocycles. The van der Waals surface area contributed by atoms with Crippen molar-refractivity contribution in [2.45, 2.75) is 32.1 Å². The van der Waals surface area contributed by atoms with Gasteiger partial charge in [0.2, 0.25) is 0 Å². The van der Waals surface area contributed by atoms with Crippen LogP contribution in [0.25, 0.3) is 0 Å². The Morgan fingerprint density at radius 3 is 2.64 bits per heavy atom. The van der Waals surface area contributed by atoms with E-state index in [2.05, 4.69) is 13.8 Å². The first kappa shape index (κ1) is 9.73. The summed E-state index contributed by atoms with van der Waals surface area (Å²) < 4.78 is 0. The van der Waals surface area contributed by atoms with Crippen molar-refractivity contribution in [1.29, 1.82) is 0 Å². The van der Waals surface area contributed by atoms with Crippen LogP contribution in [0.4, 0.5) is 0 Å². The molecule has 2 heteroatoms. The summed E-state index contributed by atoms with van der Waals surface area (Å²) in [6.07, 6.45) is 2.67. The monoisotopic (exact) mass is 192 g/mol. The van der Waals surface area contributed by atoms with E-state index in [-0.39, 0.29) is 0 Å². The second-order valence-electron chi connectivity index (χ2n) is 3.78. The molecular formula is C9H17ClS. The number of rotatable bonds is 3. The maximum Gasteiger partial charge on any atom is 0.0462 e. The van der Waals surface area contributed by atoms with E-state index >= 15 is 0 Å². The van der Waals surface area contributed by atoms with Gasteiger partial charge in [0.25, 0.3) is 0 Å². The van der Waals surface area contributed by atoms with E-state index in [1.54, 1.807) is 0 Å². The molecule has 1 aliphatic rings. The maximum absolute atomic E-state index is 6.14. The molecular weight excluding hydrogens is 176 g/mol. The van der Waals surface area contributed by atoms with Crippen LogP contribution in [0.2, 0.25) is 0 Å². The molecule has 0 spiro atoms. The summed E-state index contributed by atoms with van der Waals surface area (Å²) in [7, 11) is 0. The van der Waals surface area contributed by atoms with Crippen molar-refractivity contribution in [3.8, 4) is 0 Å². The molecule has 66 valence electrons. The zero-order chi connectivity index (χ0) is 8.27. The minimum Gasteiger partial charge on any atom is -0.160 e. The van der Waals surface area contributed by atoms with Crippen molar-refractivity contribution in [2.75, 3.05) is 11.5 Å². The summed E-state index contributed by atoms with van der Waals surface area (Å²) in [6, 6.07) is 0. The van der Waals surface area contributed by atoms with Gasteiger partial charge >= 0.3 is 0 Å². The normalized spacial score (nSPS) is 31.6. The smallest absolute Gasteiger partial charge is 0.0462 e. The summed E-state index contributed by atoms with van der Waals surface area (Å²) in [4.78, 5) is 0. The van der Waals surface area contributed by atoms with Crippen LogP contribution in [-0.4, -0.2) is 16.9 Å². The van der Waals surface area contributed by atoms with Crippen LogP contribution in [0.15, 0.2) is 0 Å². The van der Waals surface area contributed by atoms with Crippen LogP contribution >= 0.6 is 23.4 Å². The van der Waals surface area contributed by atoms with E-state index in [0.29, 0.717) is 5.38 Å². The molecule has 0 aromatic rings. The fourth-order valence-electron chi connectivity index (χ4n) is 1.38. The average molecular weight is 193 g/mol. The van der Waals surface area contributed by atoms with Crippen LogP contribution in [0.3, 0.4) is 0 Å². The maximum atomic E-state index is 6.14. The first-order chi connectivity index (χ1) is 5.20. The van der Waals surface area contributed by atoms with Crippen LogP contribution in [0.1, 0.15) is 26.7 Å². The van der Waals surface area contributed by atoms with Crippen molar-refractivity contribution >= 4 is 23.4 Å². The Balaban J connectivity index is 2.15. The molecule has 2 atom stereocenters. The first-order valence-corrected chi connectivity index (χ1v) is 6.01. The van der Waals surface area contributed by atoms with Crippen LogP contribution < -0.4 is 0 Å². The van der Waals surface area contributed by atoms with Gasteiger partial charge in [-0.3, -0.25) is 0 Å². The molecule has 0 amide bonds. The quantitative estimate of drug-likeness (QED) is 0.618. The molecule has 2 unspecified atom stereocenters. The van der Waals surface area contributed by atoms with Gasteiger partial charge < -0.3 is 0 Å². The number of hydrogen-bond donors (Lipinski definition) is 0. The van der Waals surface area contributed by atoms with Gasteiger partial charge in [0.1, 0.15) is 0 Å². The Kier molecular flexibility index (Phi) is 4.08. The fraction of sp³-hybridized carbons (Fsp3) is 1.00. The molecule has 11 heavy (non-hydrogen) atoms. The van der Waals surface area contributed by atoms with Gasteiger partial charge in [0.05, 0.1) is 0 Å². The second kappa shape index (κ2) is 4.61. The lowest BCUT2D eigenvalue weighted by molar-refractivity contribution is 0.461. The Morgan fingerprint density at radius 2 is 2.18 bits per heavy atom. The first-order valence-electron chi connectivity index (χ1n) is 4.42. The largest absolute Gasteiger partial charge is 0.160 e. The number of alkyl halides is 1. The summed E-state index contributed by atoms with van der Waals surface area (Å²) in [5, 5.41) is 0.457. The van der Waals surface area contributed by atoms with E-state index in [9.17, 15) is 0 Å². The Labute approximate surface area is 79.1 Å². The molecule has 1 rings (SSSR count). The van der Waals surface area contributed by atoms with Crippen molar-refractivity contribution in [1.82, 2.24) is 0 Å². The predicted octanol–water partition coefficient (Wildman–Crippen LogP) is 3.39. The van der Waals surface area contributed by atoms with Crippen molar-refractivity contribution in [3.05, 3.63) is 0 Å². The van der Waals surface area contributed by atoms with Gasteiger partial charge in [-0.2, -0.15) is 11.8 Å². The van der Waals surface area contributed by atoms with Crippen molar-refractivity contribution in [3.63, 3.8) is 0 Å². The van der Waals surface area contributed by atoms with Crippen LogP contribution in [0.5, 0.6) is 0 Å². The lowest BCUT2D eigenvalue weighted by Gasteiger charge is -2.13. The number of thioether (sulfide) groups is 1. The lowest BCUT2D eigenvalue weighted by atomic mass is 9.97. The van der Waals surface area contributed by atoms with Gasteiger partial charge in [-0.15, -0.1) is 11.6 Å². The highest BCUT2D eigenvalue weighted by atomic mass is 35.5. The molecule has 1 heterocycles. The second-order valence-corrected chi connectivity index (χ2v) is 5.42. The summed E-state index contributed by atoms with van der Waals surface area (Å²) in [5.74, 6) is 4.10. The average Bonchev–Trinajstić information content (AvgIpc) is 2.31. The van der Waals surface area contributed by atoms with E-state index in [1.807, 2.05) is 11.8 Å². The highest BCUT2D eigenvalue weighted by Gasteiger charge is 2.25. The minimum atomic E-state index is 0.457. The van der Waals surface area contributed by atoms with Gasteiger partial charge in [0, 0.05) is 11.1 Å². The molecule has 1 aliphatic heterocycles. The highest BCUT2D eigenvalue weighted by molar-refractivity contribution is 7.99. The van der Waals surface area contributed by atoms with Crippen molar-refractivity contribution < 1.29 is 0 Å². The van der Waals surface area contributed by atoms with Gasteiger partial charge in [-0.05, 0) is 24.0 Å². The summed E-state index contributed by atoms with van der Waals surface area (Å²) in [5.41, 5.74) is 0. The number of halogens is 1. The third-order valence-electron chi connectivity index (χ3n) is 2.24. The SMILES string of the molecule is CC(C)CCC1CSCC1Cl.